The first-order valence-electron chi connectivity index (χ1n) is 14.0. The number of anilines is 3. The predicted molar refractivity (Wildman–Crippen MR) is 156 cm³/mol. The topological polar surface area (TPSA) is 92.6 Å². The zero-order valence-electron chi connectivity index (χ0n) is 22.8. The lowest BCUT2D eigenvalue weighted by molar-refractivity contribution is -0.0327. The summed E-state index contributed by atoms with van der Waals surface area (Å²) in [5.74, 6) is 0.709. The zero-order valence-corrected chi connectivity index (χ0v) is 22.8. The standard InChI is InChI=1S/C29H34BFN8O/c1-19-16-39(26-5-2-20(12-32)29-23(26)4-6-27(30)36-29)18-22(40-19)17-37-8-10-38(11-9-37)21-3-7-28(34-13-21)35-25-15-33-14-24(25)31/h2-7,13,19,22,24-25,33H,8-11,14-18H2,1H3,(H,34,35)/t19-,22+,24-,25+/m1/s1. The van der Waals surface area contributed by atoms with E-state index in [2.05, 4.69) is 54.4 Å². The van der Waals surface area contributed by atoms with Crippen LogP contribution in [-0.4, -0.2) is 106 Å². The summed E-state index contributed by atoms with van der Waals surface area (Å²) >= 11 is 0. The molecule has 0 spiro atoms. The third-order valence-electron chi connectivity index (χ3n) is 8.06. The first-order valence-corrected chi connectivity index (χ1v) is 14.0. The minimum atomic E-state index is -0.891. The second kappa shape index (κ2) is 11.6. The van der Waals surface area contributed by atoms with E-state index in [4.69, 9.17) is 12.6 Å². The predicted octanol–water partition coefficient (Wildman–Crippen LogP) is 1.43. The monoisotopic (exact) mass is 540 g/mol. The van der Waals surface area contributed by atoms with Gasteiger partial charge in [0.2, 0.25) is 0 Å². The van der Waals surface area contributed by atoms with E-state index in [-0.39, 0.29) is 18.2 Å². The fourth-order valence-corrected chi connectivity index (χ4v) is 6.04. The molecule has 3 saturated heterocycles. The van der Waals surface area contributed by atoms with Gasteiger partial charge in [-0.2, -0.15) is 5.26 Å². The summed E-state index contributed by atoms with van der Waals surface area (Å²) in [6.07, 6.45) is 1.14. The van der Waals surface area contributed by atoms with Crippen molar-refractivity contribution in [1.29, 1.82) is 5.26 Å². The Morgan fingerprint density at radius 2 is 1.95 bits per heavy atom. The fourth-order valence-electron chi connectivity index (χ4n) is 6.04. The molecule has 6 rings (SSSR count). The Kier molecular flexibility index (Phi) is 7.74. The van der Waals surface area contributed by atoms with Crippen molar-refractivity contribution in [3.63, 3.8) is 0 Å². The van der Waals surface area contributed by atoms with Crippen LogP contribution in [0.25, 0.3) is 10.9 Å². The van der Waals surface area contributed by atoms with Gasteiger partial charge in [0, 0.05) is 70.0 Å². The molecular formula is C29H34BFN8O. The summed E-state index contributed by atoms with van der Waals surface area (Å²) in [6.45, 7) is 9.22. The average Bonchev–Trinajstić information content (AvgIpc) is 3.36. The molecule has 0 saturated carbocycles. The molecule has 0 unspecified atom stereocenters. The van der Waals surface area contributed by atoms with E-state index in [0.29, 0.717) is 35.6 Å². The molecule has 3 aliphatic rings. The first-order chi connectivity index (χ1) is 19.5. The number of hydrogen-bond donors (Lipinski definition) is 2. The minimum Gasteiger partial charge on any atom is -0.370 e. The Labute approximate surface area is 235 Å². The normalized spacial score (nSPS) is 25.7. The number of morpholine rings is 1. The summed E-state index contributed by atoms with van der Waals surface area (Å²) in [5.41, 5.74) is 3.73. The van der Waals surface area contributed by atoms with Gasteiger partial charge < -0.3 is 25.2 Å². The third kappa shape index (κ3) is 5.71. The van der Waals surface area contributed by atoms with E-state index in [9.17, 15) is 9.65 Å². The Morgan fingerprint density at radius 1 is 1.10 bits per heavy atom. The van der Waals surface area contributed by atoms with Gasteiger partial charge in [-0.1, -0.05) is 6.07 Å². The van der Waals surface area contributed by atoms with Crippen molar-refractivity contribution in [3.05, 3.63) is 48.2 Å². The van der Waals surface area contributed by atoms with Crippen LogP contribution in [0.3, 0.4) is 0 Å². The van der Waals surface area contributed by atoms with Crippen LogP contribution >= 0.6 is 0 Å². The lowest BCUT2D eigenvalue weighted by Gasteiger charge is -2.42. The quantitative estimate of drug-likeness (QED) is 0.451. The summed E-state index contributed by atoms with van der Waals surface area (Å²) in [7, 11) is 5.93. The van der Waals surface area contributed by atoms with Crippen molar-refractivity contribution < 1.29 is 9.13 Å². The van der Waals surface area contributed by atoms with Gasteiger partial charge in [-0.25, -0.2) is 9.37 Å². The molecule has 3 aromatic rings. The van der Waals surface area contributed by atoms with Crippen molar-refractivity contribution in [3.8, 4) is 6.07 Å². The number of ether oxygens (including phenoxy) is 1. The first kappa shape index (κ1) is 26.8. The maximum absolute atomic E-state index is 13.9. The second-order valence-corrected chi connectivity index (χ2v) is 11.0. The SMILES string of the molecule is [B]c1ccc2c(N3C[C@H](CN4CCN(c5ccc(N[C@H]6CNC[C@H]6F)nc5)CC4)O[C@H](C)C3)ccc(C#N)c2n1. The molecule has 9 nitrogen and oxygen atoms in total. The van der Waals surface area contributed by atoms with Crippen LogP contribution in [0.1, 0.15) is 12.5 Å². The number of aromatic nitrogens is 2. The van der Waals surface area contributed by atoms with Gasteiger partial charge in [0.15, 0.2) is 0 Å². The number of benzene rings is 1. The van der Waals surface area contributed by atoms with Crippen molar-refractivity contribution >= 4 is 41.5 Å². The van der Waals surface area contributed by atoms with Crippen LogP contribution in [0.2, 0.25) is 0 Å². The van der Waals surface area contributed by atoms with Gasteiger partial charge >= 0.3 is 0 Å². The molecule has 1 aromatic carbocycles. The summed E-state index contributed by atoms with van der Waals surface area (Å²) in [6, 6.07) is 13.6. The van der Waals surface area contributed by atoms with Crippen LogP contribution in [-0.2, 0) is 4.74 Å². The van der Waals surface area contributed by atoms with Crippen molar-refractivity contribution in [2.24, 2.45) is 0 Å². The van der Waals surface area contributed by atoms with Gasteiger partial charge in [0.05, 0.1) is 41.2 Å². The van der Waals surface area contributed by atoms with Crippen LogP contribution in [0, 0.1) is 11.3 Å². The molecule has 40 heavy (non-hydrogen) atoms. The second-order valence-electron chi connectivity index (χ2n) is 11.0. The number of pyridine rings is 2. The van der Waals surface area contributed by atoms with Crippen LogP contribution in [0.4, 0.5) is 21.6 Å². The Bertz CT molecular complexity index is 1380. The van der Waals surface area contributed by atoms with Crippen molar-refractivity contribution in [2.75, 3.05) is 74.0 Å². The van der Waals surface area contributed by atoms with Crippen molar-refractivity contribution in [2.45, 2.75) is 31.3 Å². The lowest BCUT2D eigenvalue weighted by atomic mass is 10.00. The number of nitriles is 1. The molecule has 0 aliphatic carbocycles. The Morgan fingerprint density at radius 3 is 2.67 bits per heavy atom. The number of nitrogens with one attached hydrogen (secondary N) is 2. The molecule has 206 valence electrons. The highest BCUT2D eigenvalue weighted by molar-refractivity contribution is 6.31. The highest BCUT2D eigenvalue weighted by Crippen LogP contribution is 2.30. The molecule has 0 amide bonds. The number of hydrogen-bond acceptors (Lipinski definition) is 9. The maximum Gasteiger partial charge on any atom is 0.141 e. The molecule has 11 heteroatoms. The molecule has 5 heterocycles. The third-order valence-corrected chi connectivity index (χ3v) is 8.06. The van der Waals surface area contributed by atoms with E-state index in [1.807, 2.05) is 30.5 Å². The molecule has 0 bridgehead atoms. The molecule has 2 radical (unpaired) electrons. The summed E-state index contributed by atoms with van der Waals surface area (Å²) < 4.78 is 20.3. The van der Waals surface area contributed by atoms with Crippen LogP contribution in [0.5, 0.6) is 0 Å². The van der Waals surface area contributed by atoms with E-state index in [1.54, 1.807) is 6.07 Å². The molecule has 2 N–H and O–H groups in total. The zero-order chi connectivity index (χ0) is 27.6. The number of nitrogens with zero attached hydrogens (tertiary/aromatic N) is 6. The lowest BCUT2D eigenvalue weighted by Crippen LogP contribution is -2.54. The average molecular weight is 540 g/mol. The molecular weight excluding hydrogens is 506 g/mol. The van der Waals surface area contributed by atoms with Gasteiger partial charge in [-0.15, -0.1) is 0 Å². The van der Waals surface area contributed by atoms with Crippen molar-refractivity contribution in [1.82, 2.24) is 20.2 Å². The van der Waals surface area contributed by atoms with Gasteiger partial charge in [0.1, 0.15) is 25.9 Å². The fraction of sp³-hybridized carbons (Fsp3) is 0.483. The number of piperazine rings is 1. The molecule has 3 aliphatic heterocycles. The number of halogens is 1. The van der Waals surface area contributed by atoms with E-state index < -0.39 is 6.17 Å². The van der Waals surface area contributed by atoms with Gasteiger partial charge in [-0.3, -0.25) is 9.88 Å². The van der Waals surface area contributed by atoms with Gasteiger partial charge in [0.25, 0.3) is 0 Å². The Balaban J connectivity index is 1.06. The van der Waals surface area contributed by atoms with Crippen LogP contribution < -0.4 is 26.0 Å². The summed E-state index contributed by atoms with van der Waals surface area (Å²) in [5, 5.41) is 16.8. The van der Waals surface area contributed by atoms with Gasteiger partial charge in [-0.05, 0) is 42.8 Å². The smallest absolute Gasteiger partial charge is 0.141 e. The number of rotatable bonds is 6. The van der Waals surface area contributed by atoms with E-state index >= 15 is 0 Å². The maximum atomic E-state index is 13.9. The minimum absolute atomic E-state index is 0.0687. The number of fused-ring (bicyclic) bond motifs is 1. The summed E-state index contributed by atoms with van der Waals surface area (Å²) in [4.78, 5) is 16.2. The molecule has 3 fully saturated rings. The van der Waals surface area contributed by atoms with E-state index in [1.165, 1.54) is 0 Å². The van der Waals surface area contributed by atoms with E-state index in [0.717, 1.165) is 62.6 Å². The highest BCUT2D eigenvalue weighted by Gasteiger charge is 2.30. The largest absolute Gasteiger partial charge is 0.370 e. The highest BCUT2D eigenvalue weighted by atomic mass is 19.1. The number of alkyl halides is 1. The molecule has 2 aromatic heterocycles. The Hall–Kier alpha value is -3.46. The molecule has 4 atom stereocenters. The van der Waals surface area contributed by atoms with Crippen LogP contribution in [0.15, 0.2) is 42.6 Å².